The summed E-state index contributed by atoms with van der Waals surface area (Å²) in [6, 6.07) is 8.03. The number of rotatable bonds is 6. The van der Waals surface area contributed by atoms with E-state index >= 15 is 0 Å². The zero-order valence-corrected chi connectivity index (χ0v) is 12.4. The lowest BCUT2D eigenvalue weighted by Gasteiger charge is -2.04. The predicted octanol–water partition coefficient (Wildman–Crippen LogP) is 2.67. The van der Waals surface area contributed by atoms with Crippen LogP contribution in [0.5, 0.6) is 5.75 Å². The van der Waals surface area contributed by atoms with Gasteiger partial charge in [0.1, 0.15) is 5.75 Å². The van der Waals surface area contributed by atoms with Gasteiger partial charge in [-0.25, -0.2) is 0 Å². The summed E-state index contributed by atoms with van der Waals surface area (Å²) in [7, 11) is 5.60. The minimum atomic E-state index is 0.838. The lowest BCUT2D eigenvalue weighted by atomic mass is 10.1. The van der Waals surface area contributed by atoms with Crippen LogP contribution in [0.25, 0.3) is 0 Å². The third kappa shape index (κ3) is 8.09. The molecule has 1 unspecified atom stereocenters. The fraction of sp³-hybridized carbons (Fsp3) is 0.600. The highest BCUT2D eigenvalue weighted by molar-refractivity contribution is 5.26. The van der Waals surface area contributed by atoms with Gasteiger partial charge in [0, 0.05) is 6.54 Å². The Kier molecular flexibility index (Phi) is 10.4. The summed E-state index contributed by atoms with van der Waals surface area (Å²) in [5.41, 5.74) is 1.27. The average Bonchev–Trinajstić information content (AvgIpc) is 2.41. The largest absolute Gasteiger partial charge is 0.497 e. The number of ether oxygens (including phenoxy) is 1. The van der Waals surface area contributed by atoms with Gasteiger partial charge in [-0.2, -0.15) is 0 Å². The van der Waals surface area contributed by atoms with Gasteiger partial charge in [0.15, 0.2) is 0 Å². The van der Waals surface area contributed by atoms with Crippen LogP contribution >= 0.6 is 0 Å². The summed E-state index contributed by atoms with van der Waals surface area (Å²) in [5, 5.41) is 6.20. The zero-order valence-electron chi connectivity index (χ0n) is 12.4. The molecule has 0 fully saturated rings. The van der Waals surface area contributed by atoms with Gasteiger partial charge in [-0.3, -0.25) is 0 Å². The van der Waals surface area contributed by atoms with E-state index in [2.05, 4.69) is 36.6 Å². The van der Waals surface area contributed by atoms with Crippen LogP contribution in [0.4, 0.5) is 0 Å². The van der Waals surface area contributed by atoms with Crippen LogP contribution in [0, 0.1) is 5.92 Å². The molecule has 1 atom stereocenters. The van der Waals surface area contributed by atoms with E-state index in [-0.39, 0.29) is 0 Å². The van der Waals surface area contributed by atoms with Crippen molar-refractivity contribution in [2.75, 3.05) is 27.7 Å². The smallest absolute Gasteiger partial charge is 0.118 e. The van der Waals surface area contributed by atoms with Crippen molar-refractivity contribution in [1.29, 1.82) is 0 Å². The van der Waals surface area contributed by atoms with Crippen molar-refractivity contribution in [3.05, 3.63) is 29.8 Å². The number of hydrogen-bond donors (Lipinski definition) is 2. The van der Waals surface area contributed by atoms with Gasteiger partial charge in [0.25, 0.3) is 0 Å². The van der Waals surface area contributed by atoms with Crippen molar-refractivity contribution in [3.63, 3.8) is 0 Å². The highest BCUT2D eigenvalue weighted by Gasteiger charge is 1.92. The second-order valence-electron chi connectivity index (χ2n) is 4.45. The van der Waals surface area contributed by atoms with Crippen molar-refractivity contribution in [2.45, 2.75) is 26.8 Å². The average molecular weight is 252 g/mol. The molecule has 2 N–H and O–H groups in total. The maximum Gasteiger partial charge on any atom is 0.118 e. The minimum absolute atomic E-state index is 0.838. The topological polar surface area (TPSA) is 33.3 Å². The molecule has 0 saturated heterocycles. The van der Waals surface area contributed by atoms with Crippen molar-refractivity contribution in [1.82, 2.24) is 10.6 Å². The van der Waals surface area contributed by atoms with E-state index < -0.39 is 0 Å². The second kappa shape index (κ2) is 11.1. The second-order valence-corrected chi connectivity index (χ2v) is 4.45. The Labute approximate surface area is 112 Å². The van der Waals surface area contributed by atoms with Crippen LogP contribution in [0.15, 0.2) is 24.3 Å². The summed E-state index contributed by atoms with van der Waals surface area (Å²) in [6.07, 6.45) is 1.28. The van der Waals surface area contributed by atoms with Gasteiger partial charge >= 0.3 is 0 Å². The summed E-state index contributed by atoms with van der Waals surface area (Å²) in [5.74, 6) is 1.75. The van der Waals surface area contributed by atoms with Crippen molar-refractivity contribution in [3.8, 4) is 5.75 Å². The molecule has 1 aromatic rings. The van der Waals surface area contributed by atoms with Gasteiger partial charge in [-0.05, 0) is 44.3 Å². The quantitative estimate of drug-likeness (QED) is 0.816. The van der Waals surface area contributed by atoms with E-state index in [1.165, 1.54) is 12.0 Å². The molecule has 1 aromatic carbocycles. The Morgan fingerprint density at radius 2 is 1.72 bits per heavy atom. The molecule has 0 aliphatic rings. The third-order valence-corrected chi connectivity index (χ3v) is 2.79. The van der Waals surface area contributed by atoms with Crippen LogP contribution in [-0.2, 0) is 6.54 Å². The molecule has 0 spiro atoms. The maximum absolute atomic E-state index is 5.03. The molecule has 0 bridgehead atoms. The Bertz CT molecular complexity index is 285. The monoisotopic (exact) mass is 252 g/mol. The highest BCUT2D eigenvalue weighted by Crippen LogP contribution is 2.10. The summed E-state index contributed by atoms with van der Waals surface area (Å²) >= 11 is 0. The van der Waals surface area contributed by atoms with Crippen molar-refractivity contribution in [2.24, 2.45) is 5.92 Å². The van der Waals surface area contributed by atoms with Crippen LogP contribution in [0.1, 0.15) is 25.8 Å². The SMILES string of the molecule is CCC(C)CNC.CNCc1ccc(OC)cc1. The first-order valence-electron chi connectivity index (χ1n) is 6.60. The molecule has 104 valence electrons. The minimum Gasteiger partial charge on any atom is -0.497 e. The van der Waals surface area contributed by atoms with E-state index in [0.717, 1.165) is 24.8 Å². The summed E-state index contributed by atoms with van der Waals surface area (Å²) in [6.45, 7) is 6.51. The van der Waals surface area contributed by atoms with Crippen molar-refractivity contribution >= 4 is 0 Å². The Morgan fingerprint density at radius 1 is 1.11 bits per heavy atom. The van der Waals surface area contributed by atoms with Crippen LogP contribution in [0.2, 0.25) is 0 Å². The van der Waals surface area contributed by atoms with Crippen molar-refractivity contribution < 1.29 is 4.74 Å². The molecule has 18 heavy (non-hydrogen) atoms. The lowest BCUT2D eigenvalue weighted by molar-refractivity contribution is 0.414. The van der Waals surface area contributed by atoms with Crippen LogP contribution in [0.3, 0.4) is 0 Å². The van der Waals surface area contributed by atoms with Gasteiger partial charge in [-0.15, -0.1) is 0 Å². The lowest BCUT2D eigenvalue weighted by Crippen LogP contribution is -2.14. The molecule has 1 rings (SSSR count). The van der Waals surface area contributed by atoms with E-state index in [1.807, 2.05) is 26.2 Å². The first kappa shape index (κ1) is 16.9. The maximum atomic E-state index is 5.03. The molecular formula is C15H28N2O. The zero-order chi connectivity index (χ0) is 13.8. The summed E-state index contributed by atoms with van der Waals surface area (Å²) < 4.78 is 5.03. The molecule has 0 aromatic heterocycles. The molecule has 0 heterocycles. The Morgan fingerprint density at radius 3 is 2.06 bits per heavy atom. The molecule has 0 aliphatic heterocycles. The van der Waals surface area contributed by atoms with Crippen LogP contribution < -0.4 is 15.4 Å². The molecule has 0 amide bonds. The highest BCUT2D eigenvalue weighted by atomic mass is 16.5. The molecule has 0 saturated carbocycles. The Balaban J connectivity index is 0.000000360. The predicted molar refractivity (Wildman–Crippen MR) is 79.1 cm³/mol. The van der Waals surface area contributed by atoms with Gasteiger partial charge in [0.05, 0.1) is 7.11 Å². The standard InChI is InChI=1S/C9H13NO.C6H15N/c1-10-7-8-3-5-9(11-2)6-4-8;1-4-6(2)5-7-3/h3-6,10H,7H2,1-2H3;6-7H,4-5H2,1-3H3. The molecular weight excluding hydrogens is 224 g/mol. The number of benzene rings is 1. The van der Waals surface area contributed by atoms with E-state index in [9.17, 15) is 0 Å². The normalized spacial score (nSPS) is 11.4. The Hall–Kier alpha value is -1.06. The summed E-state index contributed by atoms with van der Waals surface area (Å²) in [4.78, 5) is 0. The number of nitrogens with one attached hydrogen (secondary N) is 2. The molecule has 3 nitrogen and oxygen atoms in total. The van der Waals surface area contributed by atoms with Gasteiger partial charge < -0.3 is 15.4 Å². The van der Waals surface area contributed by atoms with Crippen LogP contribution in [-0.4, -0.2) is 27.7 Å². The van der Waals surface area contributed by atoms with Gasteiger partial charge in [0.2, 0.25) is 0 Å². The first-order chi connectivity index (χ1) is 8.67. The fourth-order valence-electron chi connectivity index (χ4n) is 1.44. The molecule has 0 radical (unpaired) electrons. The third-order valence-electron chi connectivity index (χ3n) is 2.79. The van der Waals surface area contributed by atoms with E-state index in [1.54, 1.807) is 7.11 Å². The van der Waals surface area contributed by atoms with E-state index in [0.29, 0.717) is 0 Å². The van der Waals surface area contributed by atoms with E-state index in [4.69, 9.17) is 4.74 Å². The fourth-order valence-corrected chi connectivity index (χ4v) is 1.44. The molecule has 0 aliphatic carbocycles. The first-order valence-corrected chi connectivity index (χ1v) is 6.60. The molecule has 3 heteroatoms. The number of methoxy groups -OCH3 is 1. The number of hydrogen-bond acceptors (Lipinski definition) is 3. The van der Waals surface area contributed by atoms with Gasteiger partial charge in [-0.1, -0.05) is 32.4 Å².